The first kappa shape index (κ1) is 123. The van der Waals surface area contributed by atoms with E-state index in [9.17, 15) is 0 Å². The van der Waals surface area contributed by atoms with Gasteiger partial charge in [0.2, 0.25) is 23.6 Å². The number of benzene rings is 4. The Bertz CT molecular complexity index is 4650. The lowest BCUT2D eigenvalue weighted by molar-refractivity contribution is -0.125. The van der Waals surface area contributed by atoms with Crippen LogP contribution in [0, 0.1) is 21.7 Å². The molecule has 16 heteroatoms. The van der Waals surface area contributed by atoms with Crippen molar-refractivity contribution >= 4 is 68.7 Å². The molecule has 8 aromatic rings. The van der Waals surface area contributed by atoms with E-state index >= 15 is 19.2 Å². The number of carbonyl (C=O) groups excluding carboxylic acids is 4. The molecule has 0 spiro atoms. The quantitative estimate of drug-likeness (QED) is 0.0163. The standard InChI is InChI=1S/C132H204N8O8/c1-129(2,97-73-57-49-41-33-25-17-9-13-21-29-37-45-53-61-77-101-141)125(145)137-109-85-69-65-81-105(109)121-113-89-91-115(133-113)122(106-82-66-70-86-110(106)138-126(146)130(3,4)98-74-58-50-42-34-26-18-10-14-22-30-38-46-54-62-78-102-142)117-93-95-119(135-117)124(108-84-68-72-88-112(108)140-128(148)132(7,8)100-76-60-52-44-36-28-20-12-16-24-32-40-48-56-64-80-104-144)120-96-94-118(136-120)123(116-92-90-114(121)134-116)107-83-67-71-87-111(107)139-127(147)131(5,6)99-75-59-51-43-35-27-19-11-15-23-31-39-47-55-63-79-103-143/h65-72,81-96,133-136,141-144H,9-64,73-80,97-104H2,1-8H3,(H,137,145)(H,138,146)(H,139,147)(H,140,148). The molecule has 4 aromatic carbocycles. The van der Waals surface area contributed by atoms with Crippen molar-refractivity contribution in [3.05, 3.63) is 212 Å². The molecule has 1 aliphatic heterocycles. The molecule has 0 saturated carbocycles. The van der Waals surface area contributed by atoms with Crippen molar-refractivity contribution in [1.29, 1.82) is 0 Å². The molecule has 4 aromatic heterocycles. The lowest BCUT2D eigenvalue weighted by Gasteiger charge is -2.25. The van der Waals surface area contributed by atoms with Crippen LogP contribution in [0.4, 0.5) is 22.7 Å². The third-order valence-corrected chi connectivity index (χ3v) is 32.0. The smallest absolute Gasteiger partial charge is 0.230 e. The van der Waals surface area contributed by atoms with Gasteiger partial charge in [-0.15, -0.1) is 0 Å². The van der Waals surface area contributed by atoms with Gasteiger partial charge in [-0.3, -0.25) is 19.2 Å². The summed E-state index contributed by atoms with van der Waals surface area (Å²) in [6.07, 6.45) is 80.8. The maximum Gasteiger partial charge on any atom is 0.230 e. The third-order valence-electron chi connectivity index (χ3n) is 32.0. The number of H-pyrrole nitrogens is 4. The van der Waals surface area contributed by atoms with Gasteiger partial charge >= 0.3 is 0 Å². The average Bonchev–Trinajstić information content (AvgIpc) is 1.60. The van der Waals surface area contributed by atoms with E-state index < -0.39 is 21.7 Å². The van der Waals surface area contributed by atoms with Gasteiger partial charge in [0.05, 0.1) is 0 Å². The van der Waals surface area contributed by atoms with Gasteiger partial charge in [0.25, 0.3) is 0 Å². The Morgan fingerprint density at radius 1 is 0.182 bits per heavy atom. The molecule has 5 heterocycles. The average molecular weight is 2030 g/mol. The van der Waals surface area contributed by atoms with E-state index in [-0.39, 0.29) is 23.6 Å². The summed E-state index contributed by atoms with van der Waals surface area (Å²) in [4.78, 5) is 77.3. The molecule has 0 atom stereocenters. The van der Waals surface area contributed by atoms with Crippen LogP contribution >= 0.6 is 0 Å². The molecule has 148 heavy (non-hydrogen) atoms. The van der Waals surface area contributed by atoms with E-state index in [0.717, 1.165) is 243 Å². The third kappa shape index (κ3) is 44.5. The first-order valence-corrected chi connectivity index (χ1v) is 60.4. The summed E-state index contributed by atoms with van der Waals surface area (Å²) in [6, 6.07) is 49.8. The molecular weight excluding hydrogens is 1830 g/mol. The van der Waals surface area contributed by atoms with Crippen molar-refractivity contribution in [3.8, 4) is 0 Å². The van der Waals surface area contributed by atoms with Crippen LogP contribution in [-0.4, -0.2) is 90.4 Å². The van der Waals surface area contributed by atoms with Crippen molar-refractivity contribution in [1.82, 2.24) is 19.9 Å². The largest absolute Gasteiger partial charge is 0.396 e. The lowest BCUT2D eigenvalue weighted by Crippen LogP contribution is -2.31. The summed E-state index contributed by atoms with van der Waals surface area (Å²) in [5.41, 5.74) is 9.58. The number of rotatable bonds is 84. The molecule has 0 saturated heterocycles. The topological polar surface area (TPSA) is 260 Å². The van der Waals surface area contributed by atoms with E-state index in [4.69, 9.17) is 20.4 Å². The number of aliphatic hydroxyl groups is 4. The Hall–Kier alpha value is -8.80. The van der Waals surface area contributed by atoms with Crippen LogP contribution < -0.4 is 42.7 Å². The van der Waals surface area contributed by atoms with Gasteiger partial charge in [-0.25, -0.2) is 0 Å². The van der Waals surface area contributed by atoms with Crippen LogP contribution in [0.5, 0.6) is 0 Å². The lowest BCUT2D eigenvalue weighted by atomic mass is 9.85. The first-order chi connectivity index (χ1) is 72.1. The van der Waals surface area contributed by atoms with Crippen LogP contribution in [-0.2, 0) is 19.2 Å². The van der Waals surface area contributed by atoms with Gasteiger partial charge in [0, 0.05) is 160 Å². The molecule has 9 rings (SSSR count). The van der Waals surface area contributed by atoms with Crippen LogP contribution in [0.3, 0.4) is 0 Å². The number of fused-ring (bicyclic) bond motifs is 8. The minimum atomic E-state index is -0.680. The van der Waals surface area contributed by atoms with Gasteiger partial charge < -0.3 is 61.6 Å². The highest BCUT2D eigenvalue weighted by Gasteiger charge is 2.34. The van der Waals surface area contributed by atoms with Crippen molar-refractivity contribution in [2.45, 2.75) is 492 Å². The first-order valence-electron chi connectivity index (χ1n) is 60.4. The summed E-state index contributed by atoms with van der Waals surface area (Å²) < 4.78 is 0. The zero-order valence-electron chi connectivity index (χ0n) is 94.2. The molecule has 0 radical (unpaired) electrons. The Kier molecular flexibility index (Phi) is 59.0. The highest BCUT2D eigenvalue weighted by Crippen LogP contribution is 2.40. The van der Waals surface area contributed by atoms with Gasteiger partial charge in [-0.1, -0.05) is 513 Å². The highest BCUT2D eigenvalue weighted by atomic mass is 16.3. The second-order valence-electron chi connectivity index (χ2n) is 46.7. The number of hydrogen-bond acceptors (Lipinski definition) is 8. The molecule has 16 nitrogen and oxygen atoms in total. The van der Waals surface area contributed by atoms with Crippen molar-refractivity contribution in [3.63, 3.8) is 0 Å². The summed E-state index contributed by atoms with van der Waals surface area (Å²) >= 11 is 0. The van der Waals surface area contributed by atoms with E-state index in [2.05, 4.69) is 169 Å². The van der Waals surface area contributed by atoms with Crippen LogP contribution in [0.25, 0.3) is 22.3 Å². The van der Waals surface area contributed by atoms with Gasteiger partial charge in [-0.05, 0) is 124 Å². The molecule has 8 bridgehead atoms. The minimum absolute atomic E-state index is 0.0416. The fraction of sp³-hybridized carbons (Fsp3) is 0.636. The predicted molar refractivity (Wildman–Crippen MR) is 626 cm³/mol. The number of unbranched alkanes of at least 4 members (excludes halogenated alkanes) is 60. The zero-order chi connectivity index (χ0) is 105. The Morgan fingerprint density at radius 2 is 0.318 bits per heavy atom. The van der Waals surface area contributed by atoms with Crippen LogP contribution in [0.2, 0.25) is 0 Å². The number of para-hydroxylation sites is 4. The van der Waals surface area contributed by atoms with E-state index in [1.807, 2.05) is 72.8 Å². The Labute approximate surface area is 896 Å². The van der Waals surface area contributed by atoms with Gasteiger partial charge in [-0.2, -0.15) is 0 Å². The van der Waals surface area contributed by atoms with E-state index in [1.165, 1.54) is 283 Å². The monoisotopic (exact) mass is 2030 g/mol. The molecule has 0 aliphatic carbocycles. The van der Waals surface area contributed by atoms with Crippen molar-refractivity contribution in [2.24, 2.45) is 21.7 Å². The number of anilines is 4. The number of amides is 4. The molecule has 820 valence electrons. The number of aromatic amines is 4. The van der Waals surface area contributed by atoms with Crippen LogP contribution in [0.1, 0.15) is 537 Å². The maximum atomic E-state index is 15.3. The summed E-state index contributed by atoms with van der Waals surface area (Å²) in [5.74, 6) is -0.166. The zero-order valence-corrected chi connectivity index (χ0v) is 94.2. The molecule has 12 N–H and O–H groups in total. The molecule has 1 aliphatic rings. The SMILES string of the molecule is CC(C)(CCCCCCCCCCCCCCCCCCO)C(=O)Nc1ccccc1C1=c2ccc([nH]2)=C(c2ccccc2NC(=O)C(C)(C)CCCCCCCCCCCCCCCCCCO)c2ccc([nH]2)C(c2ccccc2NC(=O)C(C)(C)CCCCCCCCCCCCCCCCCCO)=c2ccc([nH]2)=C(c2ccccc2NC(=O)C(C)(C)CCCCCCCCCCCCCCCCCCO)c2ccc1[nH]2. The maximum absolute atomic E-state index is 15.3. The minimum Gasteiger partial charge on any atom is -0.396 e. The normalized spacial score (nSPS) is 12.6. The number of carbonyl (C=O) groups is 4. The summed E-state index contributed by atoms with van der Waals surface area (Å²) in [5, 5.41) is 53.7. The Morgan fingerprint density at radius 3 is 0.466 bits per heavy atom. The van der Waals surface area contributed by atoms with Gasteiger partial charge in [0.15, 0.2) is 0 Å². The van der Waals surface area contributed by atoms with Gasteiger partial charge in [0.1, 0.15) is 0 Å². The summed E-state index contributed by atoms with van der Waals surface area (Å²) in [6.45, 7) is 17.9. The molecule has 0 unspecified atom stereocenters. The molecule has 4 amide bonds. The fourth-order valence-electron chi connectivity index (χ4n) is 22.0. The summed E-state index contributed by atoms with van der Waals surface area (Å²) in [7, 11) is 0. The molecular formula is C132H204N8O8. The highest BCUT2D eigenvalue weighted by molar-refractivity contribution is 6.02. The number of nitrogens with one attached hydrogen (secondary N) is 8. The molecule has 0 fully saturated rings. The van der Waals surface area contributed by atoms with Crippen LogP contribution in [0.15, 0.2) is 146 Å². The van der Waals surface area contributed by atoms with Crippen molar-refractivity contribution in [2.75, 3.05) is 47.7 Å². The Balaban J connectivity index is 1.05. The van der Waals surface area contributed by atoms with E-state index in [0.29, 0.717) is 49.2 Å². The number of aromatic nitrogens is 4. The van der Waals surface area contributed by atoms with Crippen molar-refractivity contribution < 1.29 is 39.6 Å². The second kappa shape index (κ2) is 71.2. The number of aliphatic hydroxyl groups excluding tert-OH is 4. The number of hydrogen-bond donors (Lipinski definition) is 12. The van der Waals surface area contributed by atoms with E-state index in [1.54, 1.807) is 0 Å². The fourth-order valence-corrected chi connectivity index (χ4v) is 22.0. The second-order valence-corrected chi connectivity index (χ2v) is 46.7. The predicted octanol–water partition coefficient (Wildman–Crippen LogP) is 32.7.